The van der Waals surface area contributed by atoms with Crippen LogP contribution in [0, 0.1) is 0 Å². The van der Waals surface area contributed by atoms with Crippen molar-refractivity contribution in [1.29, 1.82) is 0 Å². The van der Waals surface area contributed by atoms with Crippen molar-refractivity contribution in [3.05, 3.63) is 65.2 Å². The van der Waals surface area contributed by atoms with E-state index in [1.807, 2.05) is 12.1 Å². The van der Waals surface area contributed by atoms with Gasteiger partial charge in [-0.25, -0.2) is 0 Å². The average molecular weight is 338 g/mol. The Hall–Kier alpha value is -2.29. The molecule has 0 fully saturated rings. The SMILES string of the molecule is COC(=O)CCc1cccc2c1CC(CCCCc1ccccc1)O2. The number of rotatable bonds is 8. The molecule has 132 valence electrons. The van der Waals surface area contributed by atoms with E-state index in [4.69, 9.17) is 9.47 Å². The molecule has 0 N–H and O–H groups in total. The van der Waals surface area contributed by atoms with E-state index in [2.05, 4.69) is 36.4 Å². The van der Waals surface area contributed by atoms with Crippen LogP contribution >= 0.6 is 0 Å². The van der Waals surface area contributed by atoms with Crippen molar-refractivity contribution in [3.8, 4) is 5.75 Å². The normalized spacial score (nSPS) is 15.5. The Morgan fingerprint density at radius 2 is 1.92 bits per heavy atom. The van der Waals surface area contributed by atoms with E-state index in [1.165, 1.54) is 36.6 Å². The molecule has 3 rings (SSSR count). The Balaban J connectivity index is 1.47. The number of aryl methyl sites for hydroxylation is 2. The van der Waals surface area contributed by atoms with Gasteiger partial charge in [-0.15, -0.1) is 0 Å². The third kappa shape index (κ3) is 4.85. The van der Waals surface area contributed by atoms with Crippen LogP contribution in [0.15, 0.2) is 48.5 Å². The number of ether oxygens (including phenoxy) is 2. The van der Waals surface area contributed by atoms with Gasteiger partial charge < -0.3 is 9.47 Å². The second-order valence-corrected chi connectivity index (χ2v) is 6.65. The lowest BCUT2D eigenvalue weighted by Gasteiger charge is -2.10. The summed E-state index contributed by atoms with van der Waals surface area (Å²) < 4.78 is 10.9. The van der Waals surface area contributed by atoms with E-state index in [-0.39, 0.29) is 12.1 Å². The van der Waals surface area contributed by atoms with Gasteiger partial charge in [0.25, 0.3) is 0 Å². The molecule has 0 amide bonds. The third-order valence-electron chi connectivity index (χ3n) is 4.87. The van der Waals surface area contributed by atoms with E-state index in [0.717, 1.165) is 31.4 Å². The topological polar surface area (TPSA) is 35.5 Å². The van der Waals surface area contributed by atoms with Gasteiger partial charge in [0.05, 0.1) is 7.11 Å². The minimum absolute atomic E-state index is 0.158. The summed E-state index contributed by atoms with van der Waals surface area (Å²) >= 11 is 0. The molecule has 2 aromatic rings. The molecule has 1 unspecified atom stereocenters. The fourth-order valence-corrected chi connectivity index (χ4v) is 3.48. The molecule has 1 aliphatic heterocycles. The maximum Gasteiger partial charge on any atom is 0.305 e. The number of hydrogen-bond donors (Lipinski definition) is 0. The van der Waals surface area contributed by atoms with Crippen molar-refractivity contribution in [2.45, 2.75) is 51.0 Å². The highest BCUT2D eigenvalue weighted by Crippen LogP contribution is 2.33. The lowest BCUT2D eigenvalue weighted by Crippen LogP contribution is -2.12. The summed E-state index contributed by atoms with van der Waals surface area (Å²) in [6.07, 6.45) is 6.95. The molecule has 0 bridgehead atoms. The molecule has 0 spiro atoms. The first kappa shape index (κ1) is 17.5. The molecular weight excluding hydrogens is 312 g/mol. The Morgan fingerprint density at radius 1 is 1.08 bits per heavy atom. The van der Waals surface area contributed by atoms with Crippen LogP contribution in [0.1, 0.15) is 42.4 Å². The number of hydrogen-bond acceptors (Lipinski definition) is 3. The average Bonchev–Trinajstić information content (AvgIpc) is 3.07. The largest absolute Gasteiger partial charge is 0.490 e. The van der Waals surface area contributed by atoms with Crippen molar-refractivity contribution >= 4 is 5.97 Å². The fraction of sp³-hybridized carbons (Fsp3) is 0.409. The van der Waals surface area contributed by atoms with Crippen molar-refractivity contribution in [1.82, 2.24) is 0 Å². The molecule has 0 aromatic heterocycles. The molecule has 1 atom stereocenters. The van der Waals surface area contributed by atoms with Gasteiger partial charge in [-0.2, -0.15) is 0 Å². The zero-order chi connectivity index (χ0) is 17.5. The van der Waals surface area contributed by atoms with Crippen LogP contribution in [0.5, 0.6) is 5.75 Å². The fourth-order valence-electron chi connectivity index (χ4n) is 3.48. The second-order valence-electron chi connectivity index (χ2n) is 6.65. The van der Waals surface area contributed by atoms with Crippen molar-refractivity contribution in [3.63, 3.8) is 0 Å². The van der Waals surface area contributed by atoms with Crippen LogP contribution in [0.3, 0.4) is 0 Å². The monoisotopic (exact) mass is 338 g/mol. The quantitative estimate of drug-likeness (QED) is 0.525. The Morgan fingerprint density at radius 3 is 2.72 bits per heavy atom. The first-order valence-corrected chi connectivity index (χ1v) is 9.14. The lowest BCUT2D eigenvalue weighted by molar-refractivity contribution is -0.140. The zero-order valence-corrected chi connectivity index (χ0v) is 14.9. The molecule has 0 radical (unpaired) electrons. The van der Waals surface area contributed by atoms with E-state index >= 15 is 0 Å². The predicted molar refractivity (Wildman–Crippen MR) is 98.9 cm³/mol. The van der Waals surface area contributed by atoms with Crippen LogP contribution < -0.4 is 4.74 Å². The summed E-state index contributed by atoms with van der Waals surface area (Å²) in [5.74, 6) is 0.837. The van der Waals surface area contributed by atoms with Crippen molar-refractivity contribution in [2.75, 3.05) is 7.11 Å². The van der Waals surface area contributed by atoms with E-state index in [1.54, 1.807) is 0 Å². The van der Waals surface area contributed by atoms with Gasteiger partial charge in [0, 0.05) is 18.4 Å². The smallest absolute Gasteiger partial charge is 0.305 e. The van der Waals surface area contributed by atoms with Gasteiger partial charge in [-0.1, -0.05) is 42.5 Å². The van der Waals surface area contributed by atoms with Crippen molar-refractivity contribution < 1.29 is 14.3 Å². The van der Waals surface area contributed by atoms with E-state index in [0.29, 0.717) is 6.42 Å². The number of esters is 1. The summed E-state index contributed by atoms with van der Waals surface area (Å²) in [6.45, 7) is 0. The Labute approximate surface area is 150 Å². The minimum Gasteiger partial charge on any atom is -0.490 e. The number of methoxy groups -OCH3 is 1. The third-order valence-corrected chi connectivity index (χ3v) is 4.87. The zero-order valence-electron chi connectivity index (χ0n) is 14.9. The van der Waals surface area contributed by atoms with Gasteiger partial charge in [0.1, 0.15) is 11.9 Å². The molecule has 3 heteroatoms. The Kier molecular flexibility index (Phi) is 6.10. The highest BCUT2D eigenvalue weighted by molar-refractivity contribution is 5.69. The van der Waals surface area contributed by atoms with Gasteiger partial charge in [0.2, 0.25) is 0 Å². The van der Waals surface area contributed by atoms with Gasteiger partial charge in [-0.05, 0) is 49.3 Å². The molecular formula is C22H26O3. The number of unbranched alkanes of at least 4 members (excludes halogenated alkanes) is 1. The summed E-state index contributed by atoms with van der Waals surface area (Å²) in [4.78, 5) is 11.4. The minimum atomic E-state index is -0.158. The molecule has 3 nitrogen and oxygen atoms in total. The highest BCUT2D eigenvalue weighted by atomic mass is 16.5. The highest BCUT2D eigenvalue weighted by Gasteiger charge is 2.24. The number of fused-ring (bicyclic) bond motifs is 1. The predicted octanol–water partition coefficient (Wildman–Crippen LogP) is 4.51. The number of carbonyl (C=O) groups excluding carboxylic acids is 1. The molecule has 1 heterocycles. The first-order chi connectivity index (χ1) is 12.3. The standard InChI is InChI=1S/C22H26O3/c1-24-22(23)15-14-18-11-7-13-21-20(18)16-19(25-21)12-6-5-10-17-8-3-2-4-9-17/h2-4,7-9,11,13,19H,5-6,10,12,14-16H2,1H3. The molecule has 1 aliphatic rings. The molecule has 2 aromatic carbocycles. The lowest BCUT2D eigenvalue weighted by atomic mass is 9.97. The molecule has 0 saturated heterocycles. The summed E-state index contributed by atoms with van der Waals surface area (Å²) in [5, 5.41) is 0. The van der Waals surface area contributed by atoms with Gasteiger partial charge in [-0.3, -0.25) is 4.79 Å². The number of benzene rings is 2. The van der Waals surface area contributed by atoms with Crippen molar-refractivity contribution in [2.24, 2.45) is 0 Å². The summed E-state index contributed by atoms with van der Waals surface area (Å²) in [7, 11) is 1.44. The van der Waals surface area contributed by atoms with Crippen LogP contribution in [0.25, 0.3) is 0 Å². The van der Waals surface area contributed by atoms with Crippen LogP contribution in [-0.2, 0) is 28.8 Å². The molecule has 25 heavy (non-hydrogen) atoms. The van der Waals surface area contributed by atoms with E-state index in [9.17, 15) is 4.79 Å². The van der Waals surface area contributed by atoms with Gasteiger partial charge >= 0.3 is 5.97 Å². The maximum atomic E-state index is 11.4. The van der Waals surface area contributed by atoms with Gasteiger partial charge in [0.15, 0.2) is 0 Å². The first-order valence-electron chi connectivity index (χ1n) is 9.14. The summed E-state index contributed by atoms with van der Waals surface area (Å²) in [5.41, 5.74) is 3.90. The van der Waals surface area contributed by atoms with Crippen LogP contribution in [0.2, 0.25) is 0 Å². The Bertz CT molecular complexity index is 694. The van der Waals surface area contributed by atoms with E-state index < -0.39 is 0 Å². The molecule has 0 saturated carbocycles. The number of carbonyl (C=O) groups is 1. The molecule has 0 aliphatic carbocycles. The van der Waals surface area contributed by atoms with Crippen LogP contribution in [0.4, 0.5) is 0 Å². The summed E-state index contributed by atoms with van der Waals surface area (Å²) in [6, 6.07) is 16.8. The second kappa shape index (κ2) is 8.70. The van der Waals surface area contributed by atoms with Crippen LogP contribution in [-0.4, -0.2) is 19.2 Å². The maximum absolute atomic E-state index is 11.4.